The topological polar surface area (TPSA) is 56.6 Å². The van der Waals surface area contributed by atoms with Gasteiger partial charge in [-0.2, -0.15) is 5.10 Å². The fourth-order valence-electron chi connectivity index (χ4n) is 4.81. The van der Waals surface area contributed by atoms with E-state index < -0.39 is 0 Å². The van der Waals surface area contributed by atoms with Crippen LogP contribution in [0, 0.1) is 12.8 Å². The molecule has 0 bridgehead atoms. The number of benzene rings is 2. The van der Waals surface area contributed by atoms with Crippen LogP contribution in [0.1, 0.15) is 28.9 Å². The second-order valence-electron chi connectivity index (χ2n) is 8.83. The molecule has 0 saturated carbocycles. The van der Waals surface area contributed by atoms with Crippen LogP contribution < -0.4 is 9.47 Å². The summed E-state index contributed by atoms with van der Waals surface area (Å²) in [6, 6.07) is 18.2. The zero-order valence-electron chi connectivity index (χ0n) is 18.7. The minimum atomic E-state index is -0.209. The number of rotatable bonds is 5. The molecule has 0 spiro atoms. The second kappa shape index (κ2) is 8.69. The van der Waals surface area contributed by atoms with Crippen molar-refractivity contribution < 1.29 is 14.3 Å². The van der Waals surface area contributed by atoms with Crippen LogP contribution in [0.15, 0.2) is 54.6 Å². The molecule has 2 aromatic carbocycles. The molecule has 32 heavy (non-hydrogen) atoms. The van der Waals surface area contributed by atoms with Gasteiger partial charge in [-0.05, 0) is 55.5 Å². The van der Waals surface area contributed by atoms with Crippen LogP contribution in [0.5, 0.6) is 11.5 Å². The standard InChI is InChI=1S/C26H29N3O3/c1-18-13-22(28(2)27-18)15-29(16-23-17-31-24-9-5-6-10-25(24)32-23)26(30)21-12-11-19-7-3-4-8-20(19)14-21/h3-10,13,21,23H,11-12,14-17H2,1-2H3. The highest BCUT2D eigenvalue weighted by atomic mass is 16.6. The summed E-state index contributed by atoms with van der Waals surface area (Å²) in [6.45, 7) is 3.40. The number of carbonyl (C=O) groups is 1. The molecular formula is C26H29N3O3. The Kier molecular flexibility index (Phi) is 5.60. The molecular weight excluding hydrogens is 402 g/mol. The van der Waals surface area contributed by atoms with Crippen molar-refractivity contribution in [2.45, 2.75) is 38.8 Å². The zero-order chi connectivity index (χ0) is 22.1. The minimum absolute atomic E-state index is 0.0176. The molecule has 1 aromatic heterocycles. The quantitative estimate of drug-likeness (QED) is 0.618. The first kappa shape index (κ1) is 20.6. The summed E-state index contributed by atoms with van der Waals surface area (Å²) in [4.78, 5) is 15.7. The van der Waals surface area contributed by atoms with Crippen molar-refractivity contribution >= 4 is 5.91 Å². The summed E-state index contributed by atoms with van der Waals surface area (Å²) in [5.41, 5.74) is 4.63. The van der Waals surface area contributed by atoms with Crippen molar-refractivity contribution in [1.29, 1.82) is 0 Å². The highest BCUT2D eigenvalue weighted by Crippen LogP contribution is 2.32. The maximum Gasteiger partial charge on any atom is 0.226 e. The van der Waals surface area contributed by atoms with Gasteiger partial charge in [-0.3, -0.25) is 9.48 Å². The average Bonchev–Trinajstić information content (AvgIpc) is 3.14. The van der Waals surface area contributed by atoms with Crippen LogP contribution in [-0.2, 0) is 31.2 Å². The largest absolute Gasteiger partial charge is 0.486 e. The van der Waals surface area contributed by atoms with Crippen LogP contribution in [0.4, 0.5) is 0 Å². The first-order chi connectivity index (χ1) is 15.6. The second-order valence-corrected chi connectivity index (χ2v) is 8.83. The SMILES string of the molecule is Cc1cc(CN(CC2COc3ccccc3O2)C(=O)C2CCc3ccccc3C2)n(C)n1. The Bertz CT molecular complexity index is 1120. The van der Waals surface area contributed by atoms with E-state index in [9.17, 15) is 4.79 Å². The fraction of sp³-hybridized carbons (Fsp3) is 0.385. The number of hydrogen-bond acceptors (Lipinski definition) is 4. The molecule has 2 unspecified atom stereocenters. The Morgan fingerprint density at radius 1 is 1.12 bits per heavy atom. The Hall–Kier alpha value is -3.28. The number of fused-ring (bicyclic) bond motifs is 2. The third-order valence-corrected chi connectivity index (χ3v) is 6.45. The molecule has 1 aliphatic heterocycles. The van der Waals surface area contributed by atoms with Gasteiger partial charge in [0.2, 0.25) is 5.91 Å². The number of para-hydroxylation sites is 2. The zero-order valence-corrected chi connectivity index (χ0v) is 18.7. The van der Waals surface area contributed by atoms with E-state index >= 15 is 0 Å². The van der Waals surface area contributed by atoms with Gasteiger partial charge in [0, 0.05) is 13.0 Å². The molecule has 166 valence electrons. The van der Waals surface area contributed by atoms with E-state index in [1.807, 2.05) is 53.9 Å². The monoisotopic (exact) mass is 431 g/mol. The number of hydrogen-bond donors (Lipinski definition) is 0. The van der Waals surface area contributed by atoms with Gasteiger partial charge in [0.15, 0.2) is 17.6 Å². The maximum absolute atomic E-state index is 13.7. The summed E-state index contributed by atoms with van der Waals surface area (Å²) in [5, 5.41) is 4.47. The molecule has 2 heterocycles. The van der Waals surface area contributed by atoms with E-state index in [1.165, 1.54) is 11.1 Å². The van der Waals surface area contributed by atoms with E-state index in [1.54, 1.807) is 0 Å². The van der Waals surface area contributed by atoms with Crippen molar-refractivity contribution in [3.63, 3.8) is 0 Å². The van der Waals surface area contributed by atoms with Gasteiger partial charge in [-0.1, -0.05) is 36.4 Å². The Labute approximate surface area is 188 Å². The molecule has 0 radical (unpaired) electrons. The van der Waals surface area contributed by atoms with Crippen LogP contribution in [-0.4, -0.2) is 39.8 Å². The third kappa shape index (κ3) is 4.22. The molecule has 6 nitrogen and oxygen atoms in total. The van der Waals surface area contributed by atoms with Crippen LogP contribution in [0.3, 0.4) is 0 Å². The van der Waals surface area contributed by atoms with Gasteiger partial charge in [0.1, 0.15) is 6.61 Å². The first-order valence-electron chi connectivity index (χ1n) is 11.3. The lowest BCUT2D eigenvalue weighted by Gasteiger charge is -2.34. The predicted molar refractivity (Wildman–Crippen MR) is 122 cm³/mol. The number of carbonyl (C=O) groups excluding carboxylic acids is 1. The van der Waals surface area contributed by atoms with Gasteiger partial charge in [-0.15, -0.1) is 0 Å². The highest BCUT2D eigenvalue weighted by Gasteiger charge is 2.32. The normalized spacial score (nSPS) is 19.3. The minimum Gasteiger partial charge on any atom is -0.486 e. The summed E-state index contributed by atoms with van der Waals surface area (Å²) >= 11 is 0. The van der Waals surface area contributed by atoms with Crippen molar-refractivity contribution in [1.82, 2.24) is 14.7 Å². The van der Waals surface area contributed by atoms with Gasteiger partial charge < -0.3 is 14.4 Å². The predicted octanol–water partition coefficient (Wildman–Crippen LogP) is 3.70. The number of ether oxygens (including phenoxy) is 2. The Balaban J connectivity index is 1.36. The lowest BCUT2D eigenvalue weighted by Crippen LogP contribution is -2.46. The van der Waals surface area contributed by atoms with Crippen molar-refractivity contribution in [2.75, 3.05) is 13.2 Å². The van der Waals surface area contributed by atoms with Gasteiger partial charge in [-0.25, -0.2) is 0 Å². The summed E-state index contributed by atoms with van der Waals surface area (Å²) in [5.74, 6) is 1.66. The number of aromatic nitrogens is 2. The molecule has 0 fully saturated rings. The number of aryl methyl sites for hydroxylation is 3. The van der Waals surface area contributed by atoms with Crippen LogP contribution >= 0.6 is 0 Å². The van der Waals surface area contributed by atoms with Gasteiger partial charge in [0.05, 0.1) is 24.5 Å². The molecule has 6 heteroatoms. The molecule has 5 rings (SSSR count). The number of nitrogens with zero attached hydrogens (tertiary/aromatic N) is 3. The smallest absolute Gasteiger partial charge is 0.226 e. The Morgan fingerprint density at radius 3 is 2.66 bits per heavy atom. The Morgan fingerprint density at radius 2 is 1.88 bits per heavy atom. The van der Waals surface area contributed by atoms with Crippen molar-refractivity contribution in [3.8, 4) is 11.5 Å². The summed E-state index contributed by atoms with van der Waals surface area (Å²) in [6.07, 6.45) is 2.41. The fourth-order valence-corrected chi connectivity index (χ4v) is 4.81. The summed E-state index contributed by atoms with van der Waals surface area (Å²) < 4.78 is 14.0. The van der Waals surface area contributed by atoms with Crippen LogP contribution in [0.25, 0.3) is 0 Å². The van der Waals surface area contributed by atoms with Gasteiger partial charge in [0.25, 0.3) is 0 Å². The van der Waals surface area contributed by atoms with Crippen molar-refractivity contribution in [2.24, 2.45) is 13.0 Å². The molecule has 0 N–H and O–H groups in total. The van der Waals surface area contributed by atoms with Gasteiger partial charge >= 0.3 is 0 Å². The van der Waals surface area contributed by atoms with Crippen LogP contribution in [0.2, 0.25) is 0 Å². The molecule has 0 saturated heterocycles. The maximum atomic E-state index is 13.7. The highest BCUT2D eigenvalue weighted by molar-refractivity contribution is 5.79. The van der Waals surface area contributed by atoms with E-state index in [0.29, 0.717) is 19.7 Å². The van der Waals surface area contributed by atoms with E-state index in [0.717, 1.165) is 42.1 Å². The molecule has 1 aliphatic carbocycles. The third-order valence-electron chi connectivity index (χ3n) is 6.45. The number of amides is 1. The molecule has 3 aromatic rings. The first-order valence-corrected chi connectivity index (χ1v) is 11.3. The van der Waals surface area contributed by atoms with E-state index in [2.05, 4.69) is 29.4 Å². The lowest BCUT2D eigenvalue weighted by molar-refractivity contribution is -0.138. The molecule has 2 aliphatic rings. The summed E-state index contributed by atoms with van der Waals surface area (Å²) in [7, 11) is 1.93. The van der Waals surface area contributed by atoms with E-state index in [4.69, 9.17) is 9.47 Å². The molecule has 1 amide bonds. The molecule has 2 atom stereocenters. The van der Waals surface area contributed by atoms with Crippen molar-refractivity contribution in [3.05, 3.63) is 77.1 Å². The lowest BCUT2D eigenvalue weighted by atomic mass is 9.83. The van der Waals surface area contributed by atoms with E-state index in [-0.39, 0.29) is 17.9 Å². The average molecular weight is 432 g/mol.